The van der Waals surface area contributed by atoms with Gasteiger partial charge in [0, 0.05) is 13.0 Å². The largest absolute Gasteiger partial charge is 0.480 e. The summed E-state index contributed by atoms with van der Waals surface area (Å²) in [4.78, 5) is 63.3. The number of thioether (sulfide) groups is 1. The Kier molecular flexibility index (Phi) is 8.99. The van der Waals surface area contributed by atoms with Gasteiger partial charge in [0.2, 0.25) is 11.8 Å². The Labute approximate surface area is 214 Å². The number of carboxylic acid groups (broad SMARTS) is 1. The van der Waals surface area contributed by atoms with Crippen molar-refractivity contribution in [3.05, 3.63) is 35.9 Å². The second-order valence-corrected chi connectivity index (χ2v) is 11.1. The van der Waals surface area contributed by atoms with Crippen LogP contribution in [-0.2, 0) is 35.1 Å². The number of amides is 3. The summed E-state index contributed by atoms with van der Waals surface area (Å²) in [5.74, 6) is -3.01. The minimum Gasteiger partial charge on any atom is -0.480 e. The molecule has 2 aliphatic heterocycles. The standard InChI is InChI=1S/C25H33N3O7S/c1-25(2,3)24(34)35-15-36-19(14-16-8-5-4-6-9-16)21(30)26-17-11-12-20(29)27-13-7-10-18(23(32)33)28(27)22(17)31/h4-6,8-9,17-19H,7,10-15H2,1-3H3,(H,26,30)(H,32,33)/t17?,18-,19+/m0/s1. The van der Waals surface area contributed by atoms with E-state index in [9.17, 15) is 29.1 Å². The lowest BCUT2D eigenvalue weighted by Gasteiger charge is -2.41. The molecule has 0 radical (unpaired) electrons. The van der Waals surface area contributed by atoms with Crippen LogP contribution in [0, 0.1) is 5.41 Å². The van der Waals surface area contributed by atoms with Crippen LogP contribution in [0.15, 0.2) is 30.3 Å². The van der Waals surface area contributed by atoms with Crippen LogP contribution in [0.2, 0.25) is 0 Å². The van der Waals surface area contributed by atoms with Gasteiger partial charge in [-0.15, -0.1) is 11.8 Å². The minimum absolute atomic E-state index is 0.0131. The highest BCUT2D eigenvalue weighted by Gasteiger charge is 2.45. The third-order valence-electron chi connectivity index (χ3n) is 6.09. The third-order valence-corrected chi connectivity index (χ3v) is 7.13. The average molecular weight is 520 g/mol. The van der Waals surface area contributed by atoms with Crippen LogP contribution in [0.5, 0.6) is 0 Å². The normalized spacial score (nSPS) is 21.3. The Balaban J connectivity index is 1.75. The average Bonchev–Trinajstić information content (AvgIpc) is 2.95. The first kappa shape index (κ1) is 27.5. The second kappa shape index (κ2) is 11.8. The first-order valence-corrected chi connectivity index (χ1v) is 13.0. The molecule has 2 saturated heterocycles. The number of ether oxygens (including phenoxy) is 1. The van der Waals surface area contributed by atoms with Crippen LogP contribution in [0.25, 0.3) is 0 Å². The van der Waals surface area contributed by atoms with Crippen molar-refractivity contribution in [2.24, 2.45) is 5.41 Å². The molecule has 0 aliphatic carbocycles. The van der Waals surface area contributed by atoms with E-state index < -0.39 is 46.5 Å². The smallest absolute Gasteiger partial charge is 0.328 e. The monoisotopic (exact) mass is 519 g/mol. The SMILES string of the molecule is CC(C)(C)C(=O)OCS[C@H](Cc1ccccc1)C(=O)NC1CCC(=O)N2CCC[C@@H](C(=O)O)N2C1=O. The van der Waals surface area contributed by atoms with Gasteiger partial charge >= 0.3 is 11.9 Å². The lowest BCUT2D eigenvalue weighted by molar-refractivity contribution is -0.180. The molecule has 0 bridgehead atoms. The summed E-state index contributed by atoms with van der Waals surface area (Å²) in [6.45, 7) is 5.48. The summed E-state index contributed by atoms with van der Waals surface area (Å²) >= 11 is 1.14. The molecular weight excluding hydrogens is 486 g/mol. The number of carbonyl (C=O) groups is 5. The number of fused-ring (bicyclic) bond motifs is 1. The van der Waals surface area contributed by atoms with Crippen molar-refractivity contribution in [1.29, 1.82) is 0 Å². The molecule has 11 heteroatoms. The molecule has 196 valence electrons. The Morgan fingerprint density at radius 2 is 1.86 bits per heavy atom. The van der Waals surface area contributed by atoms with Gasteiger partial charge in [-0.3, -0.25) is 24.2 Å². The molecule has 2 fully saturated rings. The van der Waals surface area contributed by atoms with Crippen molar-refractivity contribution >= 4 is 41.4 Å². The number of esters is 1. The van der Waals surface area contributed by atoms with Gasteiger partial charge in [0.15, 0.2) is 6.04 Å². The van der Waals surface area contributed by atoms with Crippen molar-refractivity contribution in [1.82, 2.24) is 15.3 Å². The quantitative estimate of drug-likeness (QED) is 0.393. The molecule has 1 aromatic rings. The molecule has 3 amide bonds. The van der Waals surface area contributed by atoms with E-state index in [0.717, 1.165) is 22.3 Å². The van der Waals surface area contributed by atoms with E-state index in [1.807, 2.05) is 30.3 Å². The van der Waals surface area contributed by atoms with Gasteiger partial charge in [0.1, 0.15) is 12.0 Å². The lowest BCUT2D eigenvalue weighted by atomic mass is 9.98. The zero-order chi connectivity index (χ0) is 26.5. The highest BCUT2D eigenvalue weighted by atomic mass is 32.2. The fourth-order valence-corrected chi connectivity index (χ4v) is 4.97. The Morgan fingerprint density at radius 3 is 2.50 bits per heavy atom. The molecule has 0 saturated carbocycles. The topological polar surface area (TPSA) is 133 Å². The van der Waals surface area contributed by atoms with Gasteiger partial charge in [-0.05, 0) is 52.0 Å². The Bertz CT molecular complexity index is 995. The molecule has 2 N–H and O–H groups in total. The van der Waals surface area contributed by atoms with Gasteiger partial charge in [0.05, 0.1) is 10.7 Å². The number of hydrazine groups is 1. The number of carbonyl (C=O) groups excluding carboxylic acids is 4. The van der Waals surface area contributed by atoms with Gasteiger partial charge in [-0.2, -0.15) is 0 Å². The fraction of sp³-hybridized carbons (Fsp3) is 0.560. The highest BCUT2D eigenvalue weighted by Crippen LogP contribution is 2.26. The van der Waals surface area contributed by atoms with E-state index in [1.54, 1.807) is 20.8 Å². The number of carboxylic acids is 1. The lowest BCUT2D eigenvalue weighted by Crippen LogP contribution is -2.62. The van der Waals surface area contributed by atoms with E-state index >= 15 is 0 Å². The van der Waals surface area contributed by atoms with E-state index in [1.165, 1.54) is 5.01 Å². The summed E-state index contributed by atoms with van der Waals surface area (Å²) < 4.78 is 5.33. The van der Waals surface area contributed by atoms with Crippen molar-refractivity contribution < 1.29 is 33.8 Å². The van der Waals surface area contributed by atoms with Gasteiger partial charge in [-0.25, -0.2) is 9.80 Å². The van der Waals surface area contributed by atoms with Gasteiger partial charge in [-0.1, -0.05) is 30.3 Å². The van der Waals surface area contributed by atoms with Crippen molar-refractivity contribution in [2.45, 2.75) is 70.2 Å². The van der Waals surface area contributed by atoms with E-state index in [2.05, 4.69) is 5.32 Å². The molecule has 0 spiro atoms. The molecule has 2 heterocycles. The zero-order valence-electron chi connectivity index (χ0n) is 20.8. The van der Waals surface area contributed by atoms with Crippen LogP contribution in [-0.4, -0.2) is 74.6 Å². The number of aliphatic carboxylic acids is 1. The van der Waals surface area contributed by atoms with Gasteiger partial charge in [0.25, 0.3) is 5.91 Å². The van der Waals surface area contributed by atoms with E-state index in [4.69, 9.17) is 4.74 Å². The molecule has 0 aromatic heterocycles. The molecule has 2 aliphatic rings. The minimum atomic E-state index is -1.19. The maximum absolute atomic E-state index is 13.3. The van der Waals surface area contributed by atoms with Gasteiger partial charge < -0.3 is 15.2 Å². The number of nitrogens with one attached hydrogen (secondary N) is 1. The predicted molar refractivity (Wildman–Crippen MR) is 132 cm³/mol. The predicted octanol–water partition coefficient (Wildman–Crippen LogP) is 1.98. The fourth-order valence-electron chi connectivity index (χ4n) is 4.10. The first-order chi connectivity index (χ1) is 17.0. The van der Waals surface area contributed by atoms with Crippen LogP contribution < -0.4 is 5.32 Å². The number of hydrogen-bond acceptors (Lipinski definition) is 7. The van der Waals surface area contributed by atoms with Crippen LogP contribution in [0.1, 0.15) is 52.0 Å². The van der Waals surface area contributed by atoms with E-state index in [0.29, 0.717) is 12.8 Å². The van der Waals surface area contributed by atoms with Crippen molar-refractivity contribution in [3.63, 3.8) is 0 Å². The molecule has 3 atom stereocenters. The maximum Gasteiger partial charge on any atom is 0.328 e. The molecule has 3 rings (SSSR count). The maximum atomic E-state index is 13.3. The van der Waals surface area contributed by atoms with Crippen molar-refractivity contribution in [3.8, 4) is 0 Å². The Morgan fingerprint density at radius 1 is 1.17 bits per heavy atom. The number of hydrogen-bond donors (Lipinski definition) is 2. The summed E-state index contributed by atoms with van der Waals surface area (Å²) in [5.41, 5.74) is 0.209. The second-order valence-electron chi connectivity index (χ2n) is 9.94. The van der Waals surface area contributed by atoms with E-state index in [-0.39, 0.29) is 37.7 Å². The summed E-state index contributed by atoms with van der Waals surface area (Å²) in [6, 6.07) is 7.13. The summed E-state index contributed by atoms with van der Waals surface area (Å²) in [6.07, 6.45) is 1.13. The van der Waals surface area contributed by atoms with Crippen LogP contribution in [0.4, 0.5) is 0 Å². The molecule has 36 heavy (non-hydrogen) atoms. The Hall–Kier alpha value is -3.08. The molecule has 1 aromatic carbocycles. The zero-order valence-corrected chi connectivity index (χ0v) is 21.6. The highest BCUT2D eigenvalue weighted by molar-refractivity contribution is 8.00. The molecule has 10 nitrogen and oxygen atoms in total. The van der Waals surface area contributed by atoms with Crippen molar-refractivity contribution in [2.75, 3.05) is 12.5 Å². The van der Waals surface area contributed by atoms with Crippen LogP contribution >= 0.6 is 11.8 Å². The number of nitrogens with zero attached hydrogens (tertiary/aromatic N) is 2. The molecule has 1 unspecified atom stereocenters. The first-order valence-electron chi connectivity index (χ1n) is 12.0. The van der Waals surface area contributed by atoms with Crippen LogP contribution in [0.3, 0.4) is 0 Å². The number of rotatable bonds is 8. The third kappa shape index (κ3) is 6.77. The summed E-state index contributed by atoms with van der Waals surface area (Å²) in [5, 5.41) is 13.9. The number of benzene rings is 1. The molecular formula is C25H33N3O7S. The summed E-state index contributed by atoms with van der Waals surface area (Å²) in [7, 11) is 0.